The molecule has 1 amide bonds. The van der Waals surface area contributed by atoms with E-state index in [9.17, 15) is 4.79 Å². The zero-order valence-corrected chi connectivity index (χ0v) is 19.0. The summed E-state index contributed by atoms with van der Waals surface area (Å²) in [5.74, 6) is 2.04. The molecule has 0 aliphatic heterocycles. The predicted octanol–water partition coefficient (Wildman–Crippen LogP) is 5.30. The van der Waals surface area contributed by atoms with E-state index in [0.29, 0.717) is 24.5 Å². The van der Waals surface area contributed by atoms with Crippen LogP contribution in [0, 0.1) is 0 Å². The Bertz CT molecular complexity index is 1200. The summed E-state index contributed by atoms with van der Waals surface area (Å²) in [6.07, 6.45) is 0.299. The number of methoxy groups -OCH3 is 2. The molecule has 0 fully saturated rings. The van der Waals surface area contributed by atoms with Gasteiger partial charge < -0.3 is 19.8 Å². The maximum Gasteiger partial charge on any atom is 0.224 e. The van der Waals surface area contributed by atoms with E-state index in [-0.39, 0.29) is 5.91 Å². The lowest BCUT2D eigenvalue weighted by Gasteiger charge is -2.10. The van der Waals surface area contributed by atoms with Crippen LogP contribution >= 0.6 is 11.8 Å². The molecule has 0 aliphatic carbocycles. The number of rotatable bonds is 9. The van der Waals surface area contributed by atoms with Crippen molar-refractivity contribution in [1.82, 2.24) is 10.3 Å². The lowest BCUT2D eigenvalue weighted by Crippen LogP contribution is -2.27. The van der Waals surface area contributed by atoms with Crippen molar-refractivity contribution in [2.45, 2.75) is 11.3 Å². The quantitative estimate of drug-likeness (QED) is 0.270. The van der Waals surface area contributed by atoms with Crippen LogP contribution in [0.1, 0.15) is 5.56 Å². The van der Waals surface area contributed by atoms with Crippen molar-refractivity contribution in [3.05, 3.63) is 78.4 Å². The number of nitrogens with one attached hydrogen (secondary N) is 2. The second-order valence-electron chi connectivity index (χ2n) is 7.31. The topological polar surface area (TPSA) is 63.3 Å². The molecule has 0 unspecified atom stereocenters. The Hall–Kier alpha value is -3.38. The first-order valence-electron chi connectivity index (χ1n) is 10.5. The number of para-hydroxylation sites is 1. The predicted molar refractivity (Wildman–Crippen MR) is 131 cm³/mol. The number of hydrogen-bond acceptors (Lipinski definition) is 4. The Morgan fingerprint density at radius 2 is 1.69 bits per heavy atom. The first-order chi connectivity index (χ1) is 15.7. The number of aromatic nitrogens is 1. The monoisotopic (exact) mass is 446 g/mol. The third-order valence-electron chi connectivity index (χ3n) is 5.20. The maximum absolute atomic E-state index is 12.4. The minimum Gasteiger partial charge on any atom is -0.493 e. The van der Waals surface area contributed by atoms with Gasteiger partial charge in [0.05, 0.1) is 26.3 Å². The summed E-state index contributed by atoms with van der Waals surface area (Å²) in [7, 11) is 3.19. The molecule has 3 aromatic carbocycles. The van der Waals surface area contributed by atoms with Crippen LogP contribution in [0.4, 0.5) is 0 Å². The van der Waals surface area contributed by atoms with E-state index in [1.165, 1.54) is 10.3 Å². The second-order valence-corrected chi connectivity index (χ2v) is 8.41. The fourth-order valence-corrected chi connectivity index (χ4v) is 4.71. The molecule has 1 aromatic heterocycles. The number of H-pyrrole nitrogens is 1. The van der Waals surface area contributed by atoms with Gasteiger partial charge in [0.2, 0.25) is 5.91 Å². The average molecular weight is 447 g/mol. The van der Waals surface area contributed by atoms with Gasteiger partial charge >= 0.3 is 0 Å². The highest BCUT2D eigenvalue weighted by Gasteiger charge is 2.14. The largest absolute Gasteiger partial charge is 0.493 e. The van der Waals surface area contributed by atoms with Crippen molar-refractivity contribution in [1.29, 1.82) is 0 Å². The van der Waals surface area contributed by atoms with Crippen LogP contribution < -0.4 is 14.8 Å². The Balaban J connectivity index is 1.38. The molecule has 4 rings (SSSR count). The van der Waals surface area contributed by atoms with Gasteiger partial charge in [-0.05, 0) is 29.3 Å². The minimum atomic E-state index is -0.0139. The first kappa shape index (κ1) is 21.8. The number of hydrogen-bond donors (Lipinski definition) is 2. The summed E-state index contributed by atoms with van der Waals surface area (Å²) in [6.45, 7) is 0.588. The number of carbonyl (C=O) groups excluding carboxylic acids is 1. The minimum absolute atomic E-state index is 0.0139. The van der Waals surface area contributed by atoms with Gasteiger partial charge in [-0.25, -0.2) is 0 Å². The number of carbonyl (C=O) groups is 1. The molecule has 0 atom stereocenters. The van der Waals surface area contributed by atoms with Crippen molar-refractivity contribution in [2.75, 3.05) is 26.5 Å². The number of aromatic amines is 1. The zero-order chi connectivity index (χ0) is 22.3. The molecule has 2 N–H and O–H groups in total. The number of ether oxygens (including phenoxy) is 2. The summed E-state index contributed by atoms with van der Waals surface area (Å²) in [6, 6.07) is 24.2. The van der Waals surface area contributed by atoms with E-state index in [1.807, 2.05) is 42.5 Å². The highest BCUT2D eigenvalue weighted by Crippen LogP contribution is 2.37. The van der Waals surface area contributed by atoms with Crippen molar-refractivity contribution in [2.24, 2.45) is 0 Å². The highest BCUT2D eigenvalue weighted by atomic mass is 32.2. The molecule has 0 saturated heterocycles. The van der Waals surface area contributed by atoms with E-state index >= 15 is 0 Å². The Morgan fingerprint density at radius 3 is 2.47 bits per heavy atom. The van der Waals surface area contributed by atoms with Gasteiger partial charge in [0.1, 0.15) is 0 Å². The van der Waals surface area contributed by atoms with Crippen molar-refractivity contribution in [3.63, 3.8) is 0 Å². The summed E-state index contributed by atoms with van der Waals surface area (Å²) < 4.78 is 10.6. The standard InChI is InChI=1S/C26H26N2O3S/c1-30-22-13-12-18(16-23(22)31-2)17-24(29)27-14-15-32-26-20-10-6-7-11-21(20)28-25(26)19-8-4-3-5-9-19/h3-13,16,28H,14-15,17H2,1-2H3,(H,27,29). The molecule has 0 bridgehead atoms. The summed E-state index contributed by atoms with van der Waals surface area (Å²) in [4.78, 5) is 17.2. The molecule has 32 heavy (non-hydrogen) atoms. The van der Waals surface area contributed by atoms with Gasteiger partial charge in [0.25, 0.3) is 0 Å². The molecule has 6 heteroatoms. The van der Waals surface area contributed by atoms with E-state index in [1.54, 1.807) is 26.0 Å². The third-order valence-corrected chi connectivity index (χ3v) is 6.33. The molecule has 0 radical (unpaired) electrons. The average Bonchev–Trinajstić information content (AvgIpc) is 3.21. The number of fused-ring (bicyclic) bond motifs is 1. The fourth-order valence-electron chi connectivity index (χ4n) is 3.66. The van der Waals surface area contributed by atoms with E-state index in [2.05, 4.69) is 40.6 Å². The lowest BCUT2D eigenvalue weighted by molar-refractivity contribution is -0.120. The fraction of sp³-hybridized carbons (Fsp3) is 0.192. The van der Waals surface area contributed by atoms with Crippen LogP contribution in [-0.4, -0.2) is 37.4 Å². The molecule has 1 heterocycles. The van der Waals surface area contributed by atoms with Crippen LogP contribution in [0.15, 0.2) is 77.7 Å². The lowest BCUT2D eigenvalue weighted by atomic mass is 10.1. The van der Waals surface area contributed by atoms with Crippen LogP contribution in [-0.2, 0) is 11.2 Å². The van der Waals surface area contributed by atoms with E-state index < -0.39 is 0 Å². The van der Waals surface area contributed by atoms with Gasteiger partial charge in [0.15, 0.2) is 11.5 Å². The van der Waals surface area contributed by atoms with E-state index in [4.69, 9.17) is 9.47 Å². The molecule has 0 spiro atoms. The Morgan fingerprint density at radius 1 is 0.938 bits per heavy atom. The molecular formula is C26H26N2O3S. The Kier molecular flexibility index (Phi) is 7.02. The van der Waals surface area contributed by atoms with Gasteiger partial charge in [-0.1, -0.05) is 54.6 Å². The first-order valence-corrected chi connectivity index (χ1v) is 11.4. The van der Waals surface area contributed by atoms with Gasteiger partial charge in [0, 0.05) is 28.1 Å². The maximum atomic E-state index is 12.4. The van der Waals surface area contributed by atoms with Crippen molar-refractivity contribution >= 4 is 28.6 Å². The smallest absolute Gasteiger partial charge is 0.224 e. The number of thioether (sulfide) groups is 1. The highest BCUT2D eigenvalue weighted by molar-refractivity contribution is 7.99. The number of benzene rings is 3. The number of amides is 1. The molecule has 164 valence electrons. The molecule has 0 aliphatic rings. The van der Waals surface area contributed by atoms with Crippen LogP contribution in [0.3, 0.4) is 0 Å². The second kappa shape index (κ2) is 10.3. The van der Waals surface area contributed by atoms with Crippen molar-refractivity contribution in [3.8, 4) is 22.8 Å². The zero-order valence-electron chi connectivity index (χ0n) is 18.2. The Labute approximate surface area is 192 Å². The summed E-state index contributed by atoms with van der Waals surface area (Å²) >= 11 is 1.75. The van der Waals surface area contributed by atoms with Crippen LogP contribution in [0.5, 0.6) is 11.5 Å². The SMILES string of the molecule is COc1ccc(CC(=O)NCCSc2c(-c3ccccc3)[nH]c3ccccc23)cc1OC. The van der Waals surface area contributed by atoms with Gasteiger partial charge in [-0.15, -0.1) is 11.8 Å². The third kappa shape index (κ3) is 4.92. The molecule has 4 aromatic rings. The van der Waals surface area contributed by atoms with Crippen molar-refractivity contribution < 1.29 is 14.3 Å². The molecular weight excluding hydrogens is 420 g/mol. The summed E-state index contributed by atoms with van der Waals surface area (Å²) in [5.41, 5.74) is 4.28. The van der Waals surface area contributed by atoms with Gasteiger partial charge in [-0.2, -0.15) is 0 Å². The van der Waals surface area contributed by atoms with Crippen LogP contribution in [0.2, 0.25) is 0 Å². The van der Waals surface area contributed by atoms with Gasteiger partial charge in [-0.3, -0.25) is 4.79 Å². The normalized spacial score (nSPS) is 10.8. The van der Waals surface area contributed by atoms with E-state index in [0.717, 1.165) is 28.1 Å². The summed E-state index contributed by atoms with van der Waals surface area (Å²) in [5, 5.41) is 4.23. The molecule has 0 saturated carbocycles. The molecule has 5 nitrogen and oxygen atoms in total. The van der Waals surface area contributed by atoms with Crippen LogP contribution in [0.25, 0.3) is 22.2 Å².